The van der Waals surface area contributed by atoms with Crippen LogP contribution in [0.15, 0.2) is 36.7 Å². The van der Waals surface area contributed by atoms with Crippen LogP contribution in [0.1, 0.15) is 31.8 Å². The van der Waals surface area contributed by atoms with E-state index in [1.165, 1.54) is 19.5 Å². The first-order chi connectivity index (χ1) is 8.63. The van der Waals surface area contributed by atoms with Crippen LogP contribution in [-0.4, -0.2) is 23.8 Å². The molecule has 1 N–H and O–H groups in total. The highest BCUT2D eigenvalue weighted by molar-refractivity contribution is 6.14. The lowest BCUT2D eigenvalue weighted by Crippen LogP contribution is -2.08. The highest BCUT2D eigenvalue weighted by Crippen LogP contribution is 2.15. The van der Waals surface area contributed by atoms with E-state index in [-0.39, 0.29) is 11.3 Å². The minimum absolute atomic E-state index is 0.198. The highest BCUT2D eigenvalue weighted by Gasteiger charge is 2.19. The minimum atomic E-state index is -0.522. The van der Waals surface area contributed by atoms with Gasteiger partial charge in [0.05, 0.1) is 18.2 Å². The number of rotatable bonds is 3. The van der Waals surface area contributed by atoms with Crippen molar-refractivity contribution in [1.82, 2.24) is 4.98 Å². The fraction of sp³-hybridized carbons (Fsp3) is 0.143. The Hall–Kier alpha value is -2.36. The van der Waals surface area contributed by atoms with Gasteiger partial charge in [-0.25, -0.2) is 4.79 Å². The van der Waals surface area contributed by atoms with Gasteiger partial charge in [-0.15, -0.1) is 0 Å². The van der Waals surface area contributed by atoms with Crippen molar-refractivity contribution in [3.63, 3.8) is 0 Å². The second kappa shape index (κ2) is 4.87. The van der Waals surface area contributed by atoms with Gasteiger partial charge < -0.3 is 9.72 Å². The van der Waals surface area contributed by atoms with E-state index in [9.17, 15) is 9.59 Å². The van der Waals surface area contributed by atoms with E-state index < -0.39 is 5.97 Å². The number of aromatic amines is 1. The van der Waals surface area contributed by atoms with Gasteiger partial charge in [0.15, 0.2) is 5.78 Å². The quantitative estimate of drug-likeness (QED) is 0.665. The number of ether oxygens (including phenoxy) is 1. The summed E-state index contributed by atoms with van der Waals surface area (Å²) < 4.78 is 4.63. The molecule has 18 heavy (non-hydrogen) atoms. The van der Waals surface area contributed by atoms with Crippen molar-refractivity contribution >= 4 is 11.8 Å². The molecular formula is C14H13NO3. The summed E-state index contributed by atoms with van der Waals surface area (Å²) in [5.41, 5.74) is 2.20. The maximum atomic E-state index is 12.2. The van der Waals surface area contributed by atoms with E-state index in [1.54, 1.807) is 12.1 Å². The van der Waals surface area contributed by atoms with Crippen molar-refractivity contribution < 1.29 is 14.3 Å². The summed E-state index contributed by atoms with van der Waals surface area (Å²) in [6, 6.07) is 7.20. The summed E-state index contributed by atoms with van der Waals surface area (Å²) in [5, 5.41) is 0. The zero-order valence-electron chi connectivity index (χ0n) is 10.2. The average Bonchev–Trinajstić information content (AvgIpc) is 2.87. The number of H-pyrrole nitrogens is 1. The first-order valence-corrected chi connectivity index (χ1v) is 5.50. The van der Waals surface area contributed by atoms with Crippen molar-refractivity contribution in [3.05, 3.63) is 58.9 Å². The van der Waals surface area contributed by atoms with Gasteiger partial charge in [0.1, 0.15) is 0 Å². The molecular weight excluding hydrogens is 230 g/mol. The van der Waals surface area contributed by atoms with Gasteiger partial charge in [0.25, 0.3) is 0 Å². The highest BCUT2D eigenvalue weighted by atomic mass is 16.5. The van der Waals surface area contributed by atoms with Crippen molar-refractivity contribution in [2.45, 2.75) is 6.92 Å². The van der Waals surface area contributed by atoms with E-state index >= 15 is 0 Å². The molecule has 1 aromatic carbocycles. The molecule has 0 bridgehead atoms. The van der Waals surface area contributed by atoms with Crippen LogP contribution in [0.4, 0.5) is 0 Å². The molecule has 0 aliphatic heterocycles. The van der Waals surface area contributed by atoms with Gasteiger partial charge >= 0.3 is 5.97 Å². The molecule has 0 atom stereocenters. The topological polar surface area (TPSA) is 59.2 Å². The predicted octanol–water partition coefficient (Wildman–Crippen LogP) is 2.34. The smallest absolute Gasteiger partial charge is 0.340 e. The Bertz CT molecular complexity index is 581. The Labute approximate surface area is 105 Å². The number of nitrogens with one attached hydrogen (secondary N) is 1. The molecule has 4 heteroatoms. The first kappa shape index (κ1) is 12.1. The number of carbonyl (C=O) groups is 2. The van der Waals surface area contributed by atoms with E-state index in [1.807, 2.05) is 19.1 Å². The maximum absolute atomic E-state index is 12.2. The zero-order valence-corrected chi connectivity index (χ0v) is 10.2. The normalized spacial score (nSPS) is 10.1. The number of hydrogen-bond acceptors (Lipinski definition) is 3. The molecule has 0 amide bonds. The standard InChI is InChI=1S/C14H13NO3/c1-9-3-5-10(6-4-9)13(16)11-7-15-8-12(11)14(17)18-2/h3-8,15H,1-2H3. The minimum Gasteiger partial charge on any atom is -0.465 e. The number of esters is 1. The van der Waals surface area contributed by atoms with E-state index in [0.717, 1.165) is 5.56 Å². The Kier molecular flexibility index (Phi) is 3.28. The Morgan fingerprint density at radius 2 is 1.67 bits per heavy atom. The Morgan fingerprint density at radius 3 is 2.28 bits per heavy atom. The van der Waals surface area contributed by atoms with Crippen LogP contribution in [0, 0.1) is 6.92 Å². The first-order valence-electron chi connectivity index (χ1n) is 5.50. The number of methoxy groups -OCH3 is 1. The molecule has 0 fully saturated rings. The summed E-state index contributed by atoms with van der Waals surface area (Å²) >= 11 is 0. The monoisotopic (exact) mass is 243 g/mol. The van der Waals surface area contributed by atoms with Crippen molar-refractivity contribution in [2.24, 2.45) is 0 Å². The number of aryl methyl sites for hydroxylation is 1. The molecule has 1 heterocycles. The van der Waals surface area contributed by atoms with Crippen LogP contribution in [0.2, 0.25) is 0 Å². The number of ketones is 1. The molecule has 0 saturated heterocycles. The summed E-state index contributed by atoms with van der Waals surface area (Å²) in [6.45, 7) is 1.95. The predicted molar refractivity (Wildman–Crippen MR) is 66.7 cm³/mol. The summed E-state index contributed by atoms with van der Waals surface area (Å²) in [5.74, 6) is -0.719. The van der Waals surface area contributed by atoms with E-state index in [4.69, 9.17) is 0 Å². The third-order valence-corrected chi connectivity index (χ3v) is 2.71. The molecule has 0 aliphatic carbocycles. The number of carbonyl (C=O) groups excluding carboxylic acids is 2. The van der Waals surface area contributed by atoms with Gasteiger partial charge in [0.2, 0.25) is 0 Å². The third kappa shape index (κ3) is 2.18. The molecule has 0 aliphatic rings. The van der Waals surface area contributed by atoms with Crippen LogP contribution >= 0.6 is 0 Å². The second-order valence-electron chi connectivity index (χ2n) is 3.97. The summed E-state index contributed by atoms with van der Waals surface area (Å²) in [6.07, 6.45) is 2.97. The molecule has 2 rings (SSSR count). The molecule has 2 aromatic rings. The SMILES string of the molecule is COC(=O)c1c[nH]cc1C(=O)c1ccc(C)cc1. The van der Waals surface area contributed by atoms with Crippen molar-refractivity contribution in [2.75, 3.05) is 7.11 Å². The Balaban J connectivity index is 2.37. The average molecular weight is 243 g/mol. The molecule has 0 radical (unpaired) electrons. The molecule has 0 spiro atoms. The lowest BCUT2D eigenvalue weighted by atomic mass is 10.0. The number of aromatic nitrogens is 1. The van der Waals surface area contributed by atoms with E-state index in [2.05, 4.69) is 9.72 Å². The molecule has 92 valence electrons. The fourth-order valence-corrected chi connectivity index (χ4v) is 1.69. The fourth-order valence-electron chi connectivity index (χ4n) is 1.69. The van der Waals surface area contributed by atoms with Gasteiger partial charge in [-0.2, -0.15) is 0 Å². The van der Waals surface area contributed by atoms with Crippen molar-refractivity contribution in [1.29, 1.82) is 0 Å². The van der Waals surface area contributed by atoms with Gasteiger partial charge in [-0.05, 0) is 6.92 Å². The van der Waals surface area contributed by atoms with Gasteiger partial charge in [0, 0.05) is 18.0 Å². The summed E-state index contributed by atoms with van der Waals surface area (Å²) in [4.78, 5) is 26.5. The number of benzene rings is 1. The Morgan fingerprint density at radius 1 is 1.06 bits per heavy atom. The van der Waals surface area contributed by atoms with E-state index in [0.29, 0.717) is 11.1 Å². The molecule has 0 unspecified atom stereocenters. The largest absolute Gasteiger partial charge is 0.465 e. The summed E-state index contributed by atoms with van der Waals surface area (Å²) in [7, 11) is 1.29. The van der Waals surface area contributed by atoms with Crippen LogP contribution in [0.5, 0.6) is 0 Å². The van der Waals surface area contributed by atoms with Crippen LogP contribution in [-0.2, 0) is 4.74 Å². The lowest BCUT2D eigenvalue weighted by Gasteiger charge is -2.02. The third-order valence-electron chi connectivity index (χ3n) is 2.71. The number of hydrogen-bond donors (Lipinski definition) is 1. The van der Waals surface area contributed by atoms with Crippen molar-refractivity contribution in [3.8, 4) is 0 Å². The second-order valence-corrected chi connectivity index (χ2v) is 3.97. The van der Waals surface area contributed by atoms with Gasteiger partial charge in [-0.1, -0.05) is 29.8 Å². The zero-order chi connectivity index (χ0) is 13.1. The molecule has 1 aromatic heterocycles. The van der Waals surface area contributed by atoms with Crippen LogP contribution in [0.3, 0.4) is 0 Å². The maximum Gasteiger partial charge on any atom is 0.340 e. The van der Waals surface area contributed by atoms with Crippen LogP contribution < -0.4 is 0 Å². The molecule has 0 saturated carbocycles. The molecule has 4 nitrogen and oxygen atoms in total. The van der Waals surface area contributed by atoms with Gasteiger partial charge in [-0.3, -0.25) is 4.79 Å². The van der Waals surface area contributed by atoms with Crippen LogP contribution in [0.25, 0.3) is 0 Å². The lowest BCUT2D eigenvalue weighted by molar-refractivity contribution is 0.0598.